The Balaban J connectivity index is 1.49. The zero-order chi connectivity index (χ0) is 49.5. The zero-order valence-corrected chi connectivity index (χ0v) is 42.6. The summed E-state index contributed by atoms with van der Waals surface area (Å²) in [5, 5.41) is 21.0. The summed E-state index contributed by atoms with van der Waals surface area (Å²) in [6, 6.07) is 14.0. The van der Waals surface area contributed by atoms with Gasteiger partial charge >= 0.3 is 0 Å². The van der Waals surface area contributed by atoms with Crippen LogP contribution in [0.15, 0.2) is 60.0 Å². The van der Waals surface area contributed by atoms with Crippen molar-refractivity contribution in [3.05, 3.63) is 81.8 Å². The maximum atomic E-state index is 14.5. The average Bonchev–Trinajstić information content (AvgIpc) is 4.00. The Bertz CT molecular complexity index is 2040. The molecule has 1 aromatic heterocycles. The van der Waals surface area contributed by atoms with Crippen LogP contribution in [0.4, 0.5) is 0 Å². The smallest absolute Gasteiger partial charge is 0.270 e. The molecule has 2 aromatic carbocycles. The molecule has 0 aliphatic carbocycles. The van der Waals surface area contributed by atoms with Crippen molar-refractivity contribution in [2.24, 2.45) is 23.7 Å². The normalized spacial score (nSPS) is 17.6. The number of likely N-dealkylation sites (tertiary alicyclic amines) is 1. The van der Waals surface area contributed by atoms with Crippen molar-refractivity contribution in [1.82, 2.24) is 35.6 Å². The number of phenols is 1. The molecule has 67 heavy (non-hydrogen) atoms. The van der Waals surface area contributed by atoms with Crippen molar-refractivity contribution in [2.75, 3.05) is 48.5 Å². The van der Waals surface area contributed by atoms with E-state index in [4.69, 9.17) is 14.5 Å². The van der Waals surface area contributed by atoms with Gasteiger partial charge in [-0.05, 0) is 80.8 Å². The molecule has 0 bridgehead atoms. The minimum absolute atomic E-state index is 0.00130. The van der Waals surface area contributed by atoms with Gasteiger partial charge in [0.1, 0.15) is 22.5 Å². The number of carbonyl (C=O) groups excluding carboxylic acids is 5. The predicted octanol–water partition coefficient (Wildman–Crippen LogP) is 5.87. The number of phenolic OH excluding ortho intramolecular Hbond substituents is 1. The maximum Gasteiger partial charge on any atom is 0.270 e. The van der Waals surface area contributed by atoms with Crippen LogP contribution >= 0.6 is 11.3 Å². The Hall–Kier alpha value is -4.90. The summed E-state index contributed by atoms with van der Waals surface area (Å²) >= 11 is 1.30. The molecule has 9 atom stereocenters. The topological polar surface area (TPSA) is 183 Å². The molecule has 1 saturated heterocycles. The van der Waals surface area contributed by atoms with E-state index in [0.29, 0.717) is 37.4 Å². The van der Waals surface area contributed by atoms with Gasteiger partial charge < -0.3 is 40.3 Å². The monoisotopic (exact) mass is 948 g/mol. The highest BCUT2D eigenvalue weighted by molar-refractivity contribution is 7.09. The van der Waals surface area contributed by atoms with Gasteiger partial charge in [-0.3, -0.25) is 28.9 Å². The lowest BCUT2D eigenvalue weighted by Gasteiger charge is -2.41. The Labute approximate surface area is 402 Å². The first-order valence-electron chi connectivity index (χ1n) is 23.8. The van der Waals surface area contributed by atoms with Crippen LogP contribution in [0.3, 0.4) is 0 Å². The Morgan fingerprint density at radius 1 is 0.881 bits per heavy atom. The Morgan fingerprint density at radius 3 is 2.13 bits per heavy atom. The van der Waals surface area contributed by atoms with E-state index < -0.39 is 48.3 Å². The van der Waals surface area contributed by atoms with Crippen molar-refractivity contribution < 1.29 is 38.6 Å². The Morgan fingerprint density at radius 2 is 1.55 bits per heavy atom. The summed E-state index contributed by atoms with van der Waals surface area (Å²) in [7, 11) is 8.57. The molecule has 0 radical (unpaired) electrons. The van der Waals surface area contributed by atoms with Gasteiger partial charge in [0, 0.05) is 39.7 Å². The molecule has 16 heteroatoms. The van der Waals surface area contributed by atoms with Crippen LogP contribution in [0.5, 0.6) is 5.75 Å². The number of nitrogens with zero attached hydrogens (tertiary/aromatic N) is 4. The summed E-state index contributed by atoms with van der Waals surface area (Å²) in [4.78, 5) is 79.9. The van der Waals surface area contributed by atoms with Crippen LogP contribution in [0.1, 0.15) is 107 Å². The van der Waals surface area contributed by atoms with E-state index >= 15 is 0 Å². The average molecular weight is 948 g/mol. The van der Waals surface area contributed by atoms with Crippen LogP contribution in [0, 0.1) is 23.7 Å². The number of ether oxygens (including phenoxy) is 2. The van der Waals surface area contributed by atoms with Crippen molar-refractivity contribution in [3.63, 3.8) is 0 Å². The van der Waals surface area contributed by atoms with Gasteiger partial charge in [-0.25, -0.2) is 4.98 Å². The molecule has 2 heterocycles. The molecule has 4 N–H and O–H groups in total. The fourth-order valence-corrected chi connectivity index (χ4v) is 10.2. The van der Waals surface area contributed by atoms with E-state index in [9.17, 15) is 29.1 Å². The van der Waals surface area contributed by atoms with E-state index in [1.807, 2.05) is 110 Å². The van der Waals surface area contributed by atoms with Crippen LogP contribution in [-0.2, 0) is 41.5 Å². The van der Waals surface area contributed by atoms with Gasteiger partial charge in [0.05, 0.1) is 48.7 Å². The number of thiazole rings is 1. The second kappa shape index (κ2) is 26.0. The number of hydrogen-bond acceptors (Lipinski definition) is 11. The third-order valence-electron chi connectivity index (χ3n) is 13.2. The number of aromatic nitrogens is 1. The molecular weight excluding hydrogens is 871 g/mol. The minimum atomic E-state index is -0.783. The number of rotatable bonds is 25. The van der Waals surface area contributed by atoms with Crippen LogP contribution in [-0.4, -0.2) is 139 Å². The second-order valence-electron chi connectivity index (χ2n) is 19.0. The maximum absolute atomic E-state index is 14.5. The molecule has 1 aliphatic heterocycles. The minimum Gasteiger partial charge on any atom is -0.508 e. The molecule has 1 fully saturated rings. The quantitative estimate of drug-likeness (QED) is 0.0803. The molecule has 5 amide bonds. The van der Waals surface area contributed by atoms with Gasteiger partial charge in [-0.2, -0.15) is 0 Å². The largest absolute Gasteiger partial charge is 0.508 e. The molecule has 0 saturated carbocycles. The third kappa shape index (κ3) is 14.8. The number of aromatic hydroxyl groups is 1. The lowest BCUT2D eigenvalue weighted by molar-refractivity contribution is -0.148. The highest BCUT2D eigenvalue weighted by Gasteiger charge is 2.43. The van der Waals surface area contributed by atoms with Crippen molar-refractivity contribution in [1.29, 1.82) is 0 Å². The molecule has 370 valence electrons. The van der Waals surface area contributed by atoms with E-state index in [0.717, 1.165) is 24.0 Å². The fraction of sp³-hybridized carbons (Fsp3) is 0.608. The van der Waals surface area contributed by atoms with Crippen LogP contribution in [0.25, 0.3) is 0 Å². The van der Waals surface area contributed by atoms with E-state index in [2.05, 4.69) is 16.0 Å². The number of amides is 5. The molecule has 1 aliphatic rings. The SMILES string of the molecule is CC[C@H](C)[C@@H]([C@@H](CC(=O)N1CCCC1[C@H](OC)[C@@H](C)C(=O)N[C@@H](Cc1ccccc1)c1nc(C(=O)NCCc2ccc(O)cc2)cs1)OC)N(C)C(=O)C(NC(=O)C(C(C)C)N(C)C)C(C)C. The van der Waals surface area contributed by atoms with Gasteiger partial charge in [0.25, 0.3) is 5.91 Å². The van der Waals surface area contributed by atoms with Crippen LogP contribution < -0.4 is 16.0 Å². The van der Waals surface area contributed by atoms with Crippen molar-refractivity contribution in [3.8, 4) is 5.75 Å². The van der Waals surface area contributed by atoms with Crippen molar-refractivity contribution >= 4 is 40.9 Å². The van der Waals surface area contributed by atoms with Gasteiger partial charge in [-0.1, -0.05) is 97.4 Å². The number of nitrogens with one attached hydrogen (secondary N) is 3. The fourth-order valence-electron chi connectivity index (χ4n) is 9.39. The van der Waals surface area contributed by atoms with Gasteiger partial charge in [-0.15, -0.1) is 11.3 Å². The molecular formula is C51H77N7O8S. The molecule has 15 nitrogen and oxygen atoms in total. The van der Waals surface area contributed by atoms with E-state index in [1.165, 1.54) is 11.3 Å². The number of hydrogen-bond donors (Lipinski definition) is 4. The summed E-state index contributed by atoms with van der Waals surface area (Å²) < 4.78 is 12.2. The Kier molecular flexibility index (Phi) is 21.2. The summed E-state index contributed by atoms with van der Waals surface area (Å²) in [5.41, 5.74) is 2.21. The van der Waals surface area contributed by atoms with E-state index in [1.54, 1.807) is 48.6 Å². The summed E-state index contributed by atoms with van der Waals surface area (Å²) in [5.74, 6) is -1.91. The zero-order valence-electron chi connectivity index (χ0n) is 41.8. The second-order valence-corrected chi connectivity index (χ2v) is 19.9. The van der Waals surface area contributed by atoms with Crippen molar-refractivity contribution in [2.45, 2.75) is 129 Å². The number of likely N-dealkylation sites (N-methyl/N-ethyl adjacent to an activating group) is 2. The van der Waals surface area contributed by atoms with Crippen LogP contribution in [0.2, 0.25) is 0 Å². The third-order valence-corrected chi connectivity index (χ3v) is 14.2. The van der Waals surface area contributed by atoms with E-state index in [-0.39, 0.29) is 65.2 Å². The molecule has 0 spiro atoms. The number of carbonyl (C=O) groups is 5. The number of methoxy groups -OCH3 is 2. The van der Waals surface area contributed by atoms with Gasteiger partial charge in [0.15, 0.2) is 0 Å². The lowest BCUT2D eigenvalue weighted by atomic mass is 9.89. The first-order chi connectivity index (χ1) is 31.8. The lowest BCUT2D eigenvalue weighted by Crippen LogP contribution is -2.59. The summed E-state index contributed by atoms with van der Waals surface area (Å²) in [6.45, 7) is 14.5. The number of benzene rings is 2. The molecule has 3 unspecified atom stereocenters. The molecule has 3 aromatic rings. The van der Waals surface area contributed by atoms with Gasteiger partial charge in [0.2, 0.25) is 23.6 Å². The first kappa shape index (κ1) is 54.7. The first-order valence-corrected chi connectivity index (χ1v) is 24.6. The standard InChI is InChI=1S/C51H77N7O8S/c1-13-33(6)45(57(10)51(64)43(31(2)3)55-49(63)44(32(4)5)56(8)9)41(65-11)29-42(60)58-27-17-20-40(58)46(66-12)34(7)47(61)53-38(28-36-18-15-14-16-19-36)50-54-39(30-67-50)48(62)52-26-25-35-21-23-37(59)24-22-35/h14-16,18-19,21-24,30-34,38,40-41,43-46,59H,13,17,20,25-29H2,1-12H3,(H,52,62)(H,53,61)(H,55,63)/t33-,34+,38-,40?,41+,43?,44?,45-,46+/m0/s1. The highest BCUT2D eigenvalue weighted by atomic mass is 32.1. The molecule has 4 rings (SSSR count). The summed E-state index contributed by atoms with van der Waals surface area (Å²) in [6.07, 6.45) is 1.81. The highest BCUT2D eigenvalue weighted by Crippen LogP contribution is 2.31. The predicted molar refractivity (Wildman–Crippen MR) is 262 cm³/mol.